The summed E-state index contributed by atoms with van der Waals surface area (Å²) in [5.74, 6) is 0.695. The summed E-state index contributed by atoms with van der Waals surface area (Å²) in [6, 6.07) is 8.84. The summed E-state index contributed by atoms with van der Waals surface area (Å²) in [5, 5.41) is 4.26. The third kappa shape index (κ3) is 2.81. The van der Waals surface area contributed by atoms with Gasteiger partial charge in [-0.15, -0.1) is 0 Å². The standard InChI is InChI=1S/C12H11Cl2N3/c1-7-10(15)3-5-12(16-7)17-11-4-2-8(13)6-9(11)14/h2-6H,15H2,1H3,(H,16,17). The first kappa shape index (κ1) is 12.0. The summed E-state index contributed by atoms with van der Waals surface area (Å²) >= 11 is 11.9. The van der Waals surface area contributed by atoms with Crippen molar-refractivity contribution < 1.29 is 0 Å². The number of aryl methyl sites for hydroxylation is 1. The molecule has 0 unspecified atom stereocenters. The van der Waals surface area contributed by atoms with Gasteiger partial charge in [0.2, 0.25) is 0 Å². The minimum absolute atomic E-state index is 0.550. The van der Waals surface area contributed by atoms with Gasteiger partial charge in [-0.05, 0) is 37.3 Å². The van der Waals surface area contributed by atoms with E-state index in [-0.39, 0.29) is 0 Å². The van der Waals surface area contributed by atoms with E-state index in [0.717, 1.165) is 11.4 Å². The maximum atomic E-state index is 6.05. The van der Waals surface area contributed by atoms with Gasteiger partial charge in [0, 0.05) is 5.02 Å². The molecule has 0 atom stereocenters. The molecule has 1 heterocycles. The molecule has 88 valence electrons. The number of rotatable bonds is 2. The Labute approximate surface area is 110 Å². The molecule has 1 aromatic carbocycles. The molecule has 3 nitrogen and oxygen atoms in total. The van der Waals surface area contributed by atoms with Crippen molar-refractivity contribution in [3.8, 4) is 0 Å². The molecule has 0 bridgehead atoms. The highest BCUT2D eigenvalue weighted by Gasteiger charge is 2.03. The average Bonchev–Trinajstić information content (AvgIpc) is 2.27. The topological polar surface area (TPSA) is 50.9 Å². The number of hydrogen-bond donors (Lipinski definition) is 2. The summed E-state index contributed by atoms with van der Waals surface area (Å²) < 4.78 is 0. The van der Waals surface area contributed by atoms with Gasteiger partial charge in [-0.1, -0.05) is 23.2 Å². The lowest BCUT2D eigenvalue weighted by molar-refractivity contribution is 1.20. The van der Waals surface area contributed by atoms with E-state index in [1.165, 1.54) is 0 Å². The first-order valence-corrected chi connectivity index (χ1v) is 5.77. The van der Waals surface area contributed by atoms with Gasteiger partial charge < -0.3 is 11.1 Å². The number of aromatic nitrogens is 1. The smallest absolute Gasteiger partial charge is 0.130 e. The van der Waals surface area contributed by atoms with Crippen LogP contribution in [0.15, 0.2) is 30.3 Å². The molecule has 5 heteroatoms. The van der Waals surface area contributed by atoms with Crippen molar-refractivity contribution in [2.45, 2.75) is 6.92 Å². The molecule has 0 aliphatic carbocycles. The molecule has 0 spiro atoms. The second kappa shape index (κ2) is 4.82. The van der Waals surface area contributed by atoms with E-state index in [1.807, 2.05) is 6.92 Å². The molecule has 0 radical (unpaired) electrons. The van der Waals surface area contributed by atoms with E-state index in [1.54, 1.807) is 30.3 Å². The molecule has 0 amide bonds. The maximum Gasteiger partial charge on any atom is 0.130 e. The molecular weight excluding hydrogens is 257 g/mol. The highest BCUT2D eigenvalue weighted by Crippen LogP contribution is 2.28. The minimum atomic E-state index is 0.550. The fourth-order valence-electron chi connectivity index (χ4n) is 1.37. The molecule has 17 heavy (non-hydrogen) atoms. The van der Waals surface area contributed by atoms with Gasteiger partial charge in [0.15, 0.2) is 0 Å². The summed E-state index contributed by atoms with van der Waals surface area (Å²) in [6.07, 6.45) is 0. The number of nitrogen functional groups attached to an aromatic ring is 1. The number of nitrogens with two attached hydrogens (primary N) is 1. The molecule has 2 rings (SSSR count). The number of anilines is 3. The summed E-state index contributed by atoms with van der Waals surface area (Å²) in [6.45, 7) is 1.85. The number of pyridine rings is 1. The van der Waals surface area contributed by atoms with E-state index in [2.05, 4.69) is 10.3 Å². The van der Waals surface area contributed by atoms with E-state index >= 15 is 0 Å². The van der Waals surface area contributed by atoms with Gasteiger partial charge >= 0.3 is 0 Å². The Morgan fingerprint density at radius 2 is 1.94 bits per heavy atom. The van der Waals surface area contributed by atoms with Gasteiger partial charge in [0.25, 0.3) is 0 Å². The van der Waals surface area contributed by atoms with Crippen LogP contribution in [-0.4, -0.2) is 4.98 Å². The van der Waals surface area contributed by atoms with Crippen LogP contribution >= 0.6 is 23.2 Å². The van der Waals surface area contributed by atoms with Crippen LogP contribution in [0.5, 0.6) is 0 Å². The van der Waals surface area contributed by atoms with Crippen molar-refractivity contribution in [3.05, 3.63) is 46.1 Å². The van der Waals surface area contributed by atoms with Crippen LogP contribution in [0, 0.1) is 6.92 Å². The van der Waals surface area contributed by atoms with Crippen molar-refractivity contribution in [3.63, 3.8) is 0 Å². The Hall–Kier alpha value is -1.45. The van der Waals surface area contributed by atoms with Gasteiger partial charge in [0.1, 0.15) is 5.82 Å². The number of halogens is 2. The number of hydrogen-bond acceptors (Lipinski definition) is 3. The zero-order valence-corrected chi connectivity index (χ0v) is 10.7. The van der Waals surface area contributed by atoms with Gasteiger partial charge in [0.05, 0.1) is 22.1 Å². The second-order valence-electron chi connectivity index (χ2n) is 3.62. The predicted octanol–water partition coefficient (Wildman–Crippen LogP) is 4.02. The Balaban J connectivity index is 2.28. The predicted molar refractivity (Wildman–Crippen MR) is 73.1 cm³/mol. The highest BCUT2D eigenvalue weighted by molar-refractivity contribution is 6.36. The number of nitrogens with one attached hydrogen (secondary N) is 1. The SMILES string of the molecule is Cc1nc(Nc2ccc(Cl)cc2Cl)ccc1N. The fourth-order valence-corrected chi connectivity index (χ4v) is 1.83. The van der Waals surface area contributed by atoms with Crippen LogP contribution in [0.3, 0.4) is 0 Å². The summed E-state index contributed by atoms with van der Waals surface area (Å²) in [5.41, 5.74) is 7.90. The monoisotopic (exact) mass is 267 g/mol. The van der Waals surface area contributed by atoms with Crippen molar-refractivity contribution >= 4 is 40.4 Å². The Kier molecular flexibility index (Phi) is 3.41. The van der Waals surface area contributed by atoms with Gasteiger partial charge in [-0.2, -0.15) is 0 Å². The summed E-state index contributed by atoms with van der Waals surface area (Å²) in [4.78, 5) is 4.30. The molecular formula is C12H11Cl2N3. The van der Waals surface area contributed by atoms with Gasteiger partial charge in [-0.25, -0.2) is 4.98 Å². The summed E-state index contributed by atoms with van der Waals surface area (Å²) in [7, 11) is 0. The zero-order valence-electron chi connectivity index (χ0n) is 9.17. The van der Waals surface area contributed by atoms with Crippen LogP contribution in [0.4, 0.5) is 17.2 Å². The van der Waals surface area contributed by atoms with Crippen LogP contribution in [-0.2, 0) is 0 Å². The van der Waals surface area contributed by atoms with Crippen LogP contribution < -0.4 is 11.1 Å². The van der Waals surface area contributed by atoms with E-state index < -0.39 is 0 Å². The largest absolute Gasteiger partial charge is 0.397 e. The minimum Gasteiger partial charge on any atom is -0.397 e. The van der Waals surface area contributed by atoms with E-state index in [0.29, 0.717) is 21.6 Å². The normalized spacial score (nSPS) is 10.3. The van der Waals surface area contributed by atoms with E-state index in [9.17, 15) is 0 Å². The highest BCUT2D eigenvalue weighted by atomic mass is 35.5. The Morgan fingerprint density at radius 1 is 1.18 bits per heavy atom. The fraction of sp³-hybridized carbons (Fsp3) is 0.0833. The Bertz CT molecular complexity index is 555. The van der Waals surface area contributed by atoms with Crippen molar-refractivity contribution in [2.24, 2.45) is 0 Å². The molecule has 0 aliphatic heterocycles. The van der Waals surface area contributed by atoms with Crippen LogP contribution in [0.1, 0.15) is 5.69 Å². The molecule has 2 aromatic rings. The number of benzene rings is 1. The van der Waals surface area contributed by atoms with Gasteiger partial charge in [-0.3, -0.25) is 0 Å². The maximum absolute atomic E-state index is 6.05. The molecule has 0 fully saturated rings. The molecule has 1 aromatic heterocycles. The molecule has 0 saturated heterocycles. The number of nitrogens with zero attached hydrogens (tertiary/aromatic N) is 1. The Morgan fingerprint density at radius 3 is 2.59 bits per heavy atom. The molecule has 0 saturated carbocycles. The third-order valence-electron chi connectivity index (χ3n) is 2.32. The zero-order chi connectivity index (χ0) is 12.4. The van der Waals surface area contributed by atoms with Crippen LogP contribution in [0.2, 0.25) is 10.0 Å². The first-order valence-electron chi connectivity index (χ1n) is 5.01. The quantitative estimate of drug-likeness (QED) is 0.864. The van der Waals surface area contributed by atoms with Crippen LogP contribution in [0.25, 0.3) is 0 Å². The molecule has 0 aliphatic rings. The van der Waals surface area contributed by atoms with Crippen molar-refractivity contribution in [1.82, 2.24) is 4.98 Å². The third-order valence-corrected chi connectivity index (χ3v) is 2.87. The van der Waals surface area contributed by atoms with Crippen molar-refractivity contribution in [1.29, 1.82) is 0 Å². The second-order valence-corrected chi connectivity index (χ2v) is 4.46. The average molecular weight is 268 g/mol. The first-order chi connectivity index (χ1) is 8.06. The lowest BCUT2D eigenvalue weighted by atomic mass is 10.3. The molecule has 3 N–H and O–H groups in total. The lowest BCUT2D eigenvalue weighted by Gasteiger charge is -2.09. The van der Waals surface area contributed by atoms with Crippen molar-refractivity contribution in [2.75, 3.05) is 11.1 Å². The lowest BCUT2D eigenvalue weighted by Crippen LogP contribution is -1.98. The van der Waals surface area contributed by atoms with E-state index in [4.69, 9.17) is 28.9 Å².